The molecule has 0 aliphatic rings. The van der Waals surface area contributed by atoms with Gasteiger partial charge in [-0.1, -0.05) is 24.3 Å². The normalized spacial score (nSPS) is 10.8. The quantitative estimate of drug-likeness (QED) is 0.746. The third-order valence-electron chi connectivity index (χ3n) is 2.89. The van der Waals surface area contributed by atoms with Crippen molar-refractivity contribution in [2.45, 2.75) is 4.90 Å². The van der Waals surface area contributed by atoms with Crippen LogP contribution in [0.2, 0.25) is 0 Å². The highest BCUT2D eigenvalue weighted by Gasteiger charge is 2.10. The maximum absolute atomic E-state index is 11.8. The van der Waals surface area contributed by atoms with Crippen LogP contribution < -0.4 is 15.8 Å². The number of nitrogens with one attached hydrogen (secondary N) is 2. The molecule has 0 spiro atoms. The van der Waals surface area contributed by atoms with E-state index in [1.165, 1.54) is 24.3 Å². The van der Waals surface area contributed by atoms with Crippen LogP contribution in [0, 0.1) is 0 Å². The molecule has 0 aliphatic carbocycles. The predicted octanol–water partition coefficient (Wildman–Crippen LogP) is 0.703. The number of primary sulfonamides is 1. The summed E-state index contributed by atoms with van der Waals surface area (Å²) in [5, 5.41) is 9.98. The first-order valence-electron chi connectivity index (χ1n) is 6.62. The Morgan fingerprint density at radius 2 is 1.70 bits per heavy atom. The number of amides is 2. The van der Waals surface area contributed by atoms with Gasteiger partial charge in [0, 0.05) is 11.3 Å². The summed E-state index contributed by atoms with van der Waals surface area (Å²) in [5.41, 5.74) is 0.715. The molecule has 0 radical (unpaired) electrons. The lowest BCUT2D eigenvalue weighted by molar-refractivity contribution is -0.115. The fourth-order valence-electron chi connectivity index (χ4n) is 1.81. The second-order valence-electron chi connectivity index (χ2n) is 4.67. The molecule has 2 amide bonds. The minimum atomic E-state index is -3.84. The lowest BCUT2D eigenvalue weighted by Crippen LogP contribution is -2.32. The van der Waals surface area contributed by atoms with Gasteiger partial charge in [-0.15, -0.1) is 0 Å². The molecule has 120 valence electrons. The van der Waals surface area contributed by atoms with Gasteiger partial charge in [-0.05, 0) is 30.3 Å². The number of sulfonamides is 1. The molecular weight excluding hydrogens is 318 g/mol. The minimum Gasteiger partial charge on any atom is -0.343 e. The van der Waals surface area contributed by atoms with E-state index in [-0.39, 0.29) is 23.0 Å². The number of nitrogens with two attached hydrogens (primary N) is 1. The molecule has 4 N–H and O–H groups in total. The summed E-state index contributed by atoms with van der Waals surface area (Å²) in [4.78, 5) is 23.5. The Morgan fingerprint density at radius 3 is 2.35 bits per heavy atom. The van der Waals surface area contributed by atoms with Gasteiger partial charge in [-0.3, -0.25) is 9.59 Å². The van der Waals surface area contributed by atoms with Gasteiger partial charge in [0.15, 0.2) is 0 Å². The van der Waals surface area contributed by atoms with E-state index < -0.39 is 15.9 Å². The zero-order valence-electron chi connectivity index (χ0n) is 12.0. The molecule has 0 atom stereocenters. The summed E-state index contributed by atoms with van der Waals surface area (Å²) in [6.07, 6.45) is 0. The van der Waals surface area contributed by atoms with Gasteiger partial charge in [-0.25, -0.2) is 13.6 Å². The molecule has 0 heterocycles. The van der Waals surface area contributed by atoms with E-state index in [0.717, 1.165) is 0 Å². The number of anilines is 1. The van der Waals surface area contributed by atoms with E-state index in [9.17, 15) is 18.0 Å². The molecule has 0 aliphatic heterocycles. The zero-order chi connectivity index (χ0) is 16.9. The van der Waals surface area contributed by atoms with Crippen molar-refractivity contribution in [1.29, 1.82) is 0 Å². The van der Waals surface area contributed by atoms with Gasteiger partial charge in [-0.2, -0.15) is 0 Å². The van der Waals surface area contributed by atoms with Gasteiger partial charge in [0.05, 0.1) is 11.4 Å². The molecule has 0 aromatic heterocycles. The van der Waals surface area contributed by atoms with Crippen molar-refractivity contribution in [3.63, 3.8) is 0 Å². The SMILES string of the molecule is NS(=O)(=O)c1cccc(NC(=O)CNC(=O)c2ccccc2)c1. The summed E-state index contributed by atoms with van der Waals surface area (Å²) < 4.78 is 22.5. The molecule has 2 aromatic rings. The molecule has 2 aromatic carbocycles. The van der Waals surface area contributed by atoms with Crippen molar-refractivity contribution in [2.75, 3.05) is 11.9 Å². The van der Waals surface area contributed by atoms with Gasteiger partial charge >= 0.3 is 0 Å². The van der Waals surface area contributed by atoms with Crippen LogP contribution in [0.3, 0.4) is 0 Å². The van der Waals surface area contributed by atoms with Crippen LogP contribution in [-0.2, 0) is 14.8 Å². The first kappa shape index (κ1) is 16.7. The molecule has 0 unspecified atom stereocenters. The maximum Gasteiger partial charge on any atom is 0.251 e. The average molecular weight is 333 g/mol. The molecule has 23 heavy (non-hydrogen) atoms. The lowest BCUT2D eigenvalue weighted by atomic mass is 10.2. The minimum absolute atomic E-state index is 0.108. The van der Waals surface area contributed by atoms with Gasteiger partial charge in [0.2, 0.25) is 15.9 Å². The van der Waals surface area contributed by atoms with Gasteiger partial charge < -0.3 is 10.6 Å². The van der Waals surface area contributed by atoms with E-state index >= 15 is 0 Å². The fourth-order valence-corrected chi connectivity index (χ4v) is 2.37. The Bertz CT molecular complexity index is 820. The van der Waals surface area contributed by atoms with Crippen molar-refractivity contribution >= 4 is 27.5 Å². The smallest absolute Gasteiger partial charge is 0.251 e. The number of hydrogen-bond donors (Lipinski definition) is 3. The highest BCUT2D eigenvalue weighted by Crippen LogP contribution is 2.13. The number of carbonyl (C=O) groups is 2. The Kier molecular flexibility index (Phi) is 5.09. The molecule has 0 saturated heterocycles. The molecule has 2 rings (SSSR count). The van der Waals surface area contributed by atoms with Crippen LogP contribution in [-0.4, -0.2) is 26.8 Å². The van der Waals surface area contributed by atoms with E-state index in [4.69, 9.17) is 5.14 Å². The molecule has 8 heteroatoms. The van der Waals surface area contributed by atoms with E-state index in [1.807, 2.05) is 0 Å². The molecule has 0 fully saturated rings. The van der Waals surface area contributed by atoms with Crippen LogP contribution in [0.4, 0.5) is 5.69 Å². The maximum atomic E-state index is 11.8. The van der Waals surface area contributed by atoms with Crippen molar-refractivity contribution in [3.8, 4) is 0 Å². The topological polar surface area (TPSA) is 118 Å². The van der Waals surface area contributed by atoms with Crippen LogP contribution in [0.15, 0.2) is 59.5 Å². The zero-order valence-corrected chi connectivity index (χ0v) is 12.8. The monoisotopic (exact) mass is 333 g/mol. The Balaban J connectivity index is 1.94. The third-order valence-corrected chi connectivity index (χ3v) is 3.80. The molecule has 0 bridgehead atoms. The van der Waals surface area contributed by atoms with Crippen LogP contribution in [0.25, 0.3) is 0 Å². The highest BCUT2D eigenvalue weighted by molar-refractivity contribution is 7.89. The van der Waals surface area contributed by atoms with Gasteiger partial charge in [0.1, 0.15) is 0 Å². The Morgan fingerprint density at radius 1 is 1.00 bits per heavy atom. The van der Waals surface area contributed by atoms with E-state index in [2.05, 4.69) is 10.6 Å². The fraction of sp³-hybridized carbons (Fsp3) is 0.0667. The first-order valence-corrected chi connectivity index (χ1v) is 8.17. The summed E-state index contributed by atoms with van der Waals surface area (Å²) in [6.45, 7) is -0.243. The highest BCUT2D eigenvalue weighted by atomic mass is 32.2. The molecule has 0 saturated carbocycles. The van der Waals surface area contributed by atoms with Crippen LogP contribution >= 0.6 is 0 Å². The number of hydrogen-bond acceptors (Lipinski definition) is 4. The van der Waals surface area contributed by atoms with Crippen molar-refractivity contribution in [3.05, 3.63) is 60.2 Å². The second-order valence-corrected chi connectivity index (χ2v) is 6.23. The van der Waals surface area contributed by atoms with Crippen molar-refractivity contribution < 1.29 is 18.0 Å². The van der Waals surface area contributed by atoms with Gasteiger partial charge in [0.25, 0.3) is 5.91 Å². The van der Waals surface area contributed by atoms with Crippen molar-refractivity contribution in [2.24, 2.45) is 5.14 Å². The average Bonchev–Trinajstić information content (AvgIpc) is 2.53. The summed E-state index contributed by atoms with van der Waals surface area (Å²) in [6, 6.07) is 14.0. The van der Waals surface area contributed by atoms with Crippen LogP contribution in [0.5, 0.6) is 0 Å². The standard InChI is InChI=1S/C15H15N3O4S/c16-23(21,22)13-8-4-7-12(9-13)18-14(19)10-17-15(20)11-5-2-1-3-6-11/h1-9H,10H2,(H,17,20)(H,18,19)(H2,16,21,22). The summed E-state index contributed by atoms with van der Waals surface area (Å²) in [5.74, 6) is -0.861. The Labute approximate surface area is 133 Å². The number of rotatable bonds is 5. The lowest BCUT2D eigenvalue weighted by Gasteiger charge is -2.08. The predicted molar refractivity (Wildman–Crippen MR) is 85.2 cm³/mol. The summed E-state index contributed by atoms with van der Waals surface area (Å²) >= 11 is 0. The number of benzene rings is 2. The van der Waals surface area contributed by atoms with Crippen molar-refractivity contribution in [1.82, 2.24) is 5.32 Å². The second kappa shape index (κ2) is 7.03. The number of carbonyl (C=O) groups excluding carboxylic acids is 2. The largest absolute Gasteiger partial charge is 0.343 e. The van der Waals surface area contributed by atoms with E-state index in [0.29, 0.717) is 5.56 Å². The third kappa shape index (κ3) is 4.90. The first-order chi connectivity index (χ1) is 10.9. The van der Waals surface area contributed by atoms with E-state index in [1.54, 1.807) is 30.3 Å². The molecule has 7 nitrogen and oxygen atoms in total. The Hall–Kier alpha value is -2.71. The molecular formula is C15H15N3O4S. The summed E-state index contributed by atoms with van der Waals surface area (Å²) in [7, 11) is -3.84. The van der Waals surface area contributed by atoms with Crippen LogP contribution in [0.1, 0.15) is 10.4 Å².